The Morgan fingerprint density at radius 3 is 2.16 bits per heavy atom. The van der Waals surface area contributed by atoms with Gasteiger partial charge in [-0.3, -0.25) is 0 Å². The highest BCUT2D eigenvalue weighted by molar-refractivity contribution is 5.95. The Labute approximate surface area is 181 Å². The summed E-state index contributed by atoms with van der Waals surface area (Å²) in [7, 11) is 0. The van der Waals surface area contributed by atoms with Gasteiger partial charge in [-0.2, -0.15) is 0 Å². The molecule has 4 aromatic carbocycles. The molecule has 0 atom stereocenters. The molecule has 3 heteroatoms. The van der Waals surface area contributed by atoms with Gasteiger partial charge in [0.1, 0.15) is 0 Å². The van der Waals surface area contributed by atoms with E-state index in [0.717, 1.165) is 33.0 Å². The summed E-state index contributed by atoms with van der Waals surface area (Å²) in [6, 6.07) is 31.2. The first-order valence-corrected chi connectivity index (χ1v) is 10.3. The van der Waals surface area contributed by atoms with Crippen LogP contribution in [-0.2, 0) is 0 Å². The van der Waals surface area contributed by atoms with Crippen LogP contribution in [0.4, 0.5) is 0 Å². The Bertz CT molecular complexity index is 1370. The molecule has 0 aliphatic heterocycles. The van der Waals surface area contributed by atoms with Crippen LogP contribution >= 0.6 is 0 Å². The maximum Gasteiger partial charge on any atom is 0.248 e. The number of hydrogen-bond acceptors (Lipinski definition) is 3. The van der Waals surface area contributed by atoms with Crippen LogP contribution in [0.1, 0.15) is 28.1 Å². The quantitative estimate of drug-likeness (QED) is 0.301. The molecule has 0 spiro atoms. The molecule has 5 aromatic rings. The van der Waals surface area contributed by atoms with Crippen molar-refractivity contribution in [1.29, 1.82) is 0 Å². The van der Waals surface area contributed by atoms with Gasteiger partial charge in [-0.1, -0.05) is 96.1 Å². The van der Waals surface area contributed by atoms with E-state index >= 15 is 0 Å². The highest BCUT2D eigenvalue weighted by Crippen LogP contribution is 2.31. The van der Waals surface area contributed by atoms with Crippen LogP contribution in [0.2, 0.25) is 0 Å². The van der Waals surface area contributed by atoms with Gasteiger partial charge in [0, 0.05) is 11.1 Å². The first-order chi connectivity index (χ1) is 15.2. The van der Waals surface area contributed by atoms with E-state index in [4.69, 9.17) is 4.42 Å². The summed E-state index contributed by atoms with van der Waals surface area (Å²) in [5.41, 5.74) is 6.41. The largest absolute Gasteiger partial charge is 0.416 e. The molecule has 150 valence electrons. The predicted octanol–water partition coefficient (Wildman–Crippen LogP) is 7.10. The molecule has 0 unspecified atom stereocenters. The Morgan fingerprint density at radius 1 is 0.710 bits per heavy atom. The molecule has 0 amide bonds. The normalized spacial score (nSPS) is 11.7. The Kier molecular flexibility index (Phi) is 4.93. The van der Waals surface area contributed by atoms with Crippen molar-refractivity contribution in [2.75, 3.05) is 0 Å². The second kappa shape index (κ2) is 8.04. The highest BCUT2D eigenvalue weighted by atomic mass is 16.4. The maximum absolute atomic E-state index is 6.23. The average molecular weight is 402 g/mol. The molecule has 1 aromatic heterocycles. The minimum absolute atomic E-state index is 0.507. The predicted molar refractivity (Wildman–Crippen MR) is 127 cm³/mol. The lowest BCUT2D eigenvalue weighted by Crippen LogP contribution is -1.89. The fraction of sp³-hybridized carbons (Fsp3) is 0.0714. The number of rotatable bonds is 4. The fourth-order valence-electron chi connectivity index (χ4n) is 3.68. The van der Waals surface area contributed by atoms with E-state index in [9.17, 15) is 0 Å². The molecule has 0 radical (unpaired) electrons. The van der Waals surface area contributed by atoms with Crippen molar-refractivity contribution < 1.29 is 4.42 Å². The van der Waals surface area contributed by atoms with Gasteiger partial charge in [-0.25, -0.2) is 0 Å². The van der Waals surface area contributed by atoms with E-state index in [-0.39, 0.29) is 0 Å². The second-order valence-corrected chi connectivity index (χ2v) is 7.77. The van der Waals surface area contributed by atoms with Gasteiger partial charge >= 0.3 is 0 Å². The number of aromatic nitrogens is 2. The molecular formula is C28H22N2O. The molecule has 5 rings (SSSR count). The van der Waals surface area contributed by atoms with Crippen molar-refractivity contribution >= 4 is 22.4 Å². The average Bonchev–Trinajstić information content (AvgIpc) is 3.29. The molecule has 0 aliphatic carbocycles. The van der Waals surface area contributed by atoms with Crippen LogP contribution in [-0.4, -0.2) is 10.2 Å². The van der Waals surface area contributed by atoms with Crippen molar-refractivity contribution in [3.8, 4) is 11.5 Å². The minimum atomic E-state index is 0.507. The number of benzene rings is 4. The van der Waals surface area contributed by atoms with Gasteiger partial charge in [0.25, 0.3) is 0 Å². The zero-order chi connectivity index (χ0) is 21.2. The number of nitrogens with zero attached hydrogens (tertiary/aromatic N) is 2. The Morgan fingerprint density at radius 2 is 1.39 bits per heavy atom. The highest BCUT2D eigenvalue weighted by Gasteiger charge is 2.16. The van der Waals surface area contributed by atoms with Gasteiger partial charge in [0.15, 0.2) is 0 Å². The van der Waals surface area contributed by atoms with Gasteiger partial charge in [-0.15, -0.1) is 10.2 Å². The third-order valence-electron chi connectivity index (χ3n) is 5.43. The summed E-state index contributed by atoms with van der Waals surface area (Å²) >= 11 is 0. The van der Waals surface area contributed by atoms with Crippen LogP contribution in [0.5, 0.6) is 0 Å². The first kappa shape index (κ1) is 19.0. The summed E-state index contributed by atoms with van der Waals surface area (Å²) in [6.45, 7) is 4.17. The molecule has 3 nitrogen and oxygen atoms in total. The van der Waals surface area contributed by atoms with Crippen molar-refractivity contribution in [2.24, 2.45) is 0 Å². The lowest BCUT2D eigenvalue weighted by Gasteiger charge is -2.06. The SMILES string of the molecule is Cc1ccc(/C=C(\c2ccc(C)cc2)c2nnc(-c3cccc4ccccc34)o2)cc1. The van der Waals surface area contributed by atoms with Crippen molar-refractivity contribution in [1.82, 2.24) is 10.2 Å². The summed E-state index contributed by atoms with van der Waals surface area (Å²) in [5, 5.41) is 11.1. The van der Waals surface area contributed by atoms with Gasteiger partial charge in [0.05, 0.1) is 0 Å². The van der Waals surface area contributed by atoms with Crippen LogP contribution in [0, 0.1) is 13.8 Å². The van der Waals surface area contributed by atoms with E-state index in [1.54, 1.807) is 0 Å². The second-order valence-electron chi connectivity index (χ2n) is 7.77. The number of aryl methyl sites for hydroxylation is 2. The van der Waals surface area contributed by atoms with E-state index < -0.39 is 0 Å². The van der Waals surface area contributed by atoms with E-state index in [1.807, 2.05) is 24.3 Å². The van der Waals surface area contributed by atoms with E-state index in [1.165, 1.54) is 11.1 Å². The lowest BCUT2D eigenvalue weighted by molar-refractivity contribution is 0.555. The van der Waals surface area contributed by atoms with E-state index in [2.05, 4.69) is 96.9 Å². The zero-order valence-electron chi connectivity index (χ0n) is 17.5. The first-order valence-electron chi connectivity index (χ1n) is 10.3. The number of hydrogen-bond donors (Lipinski definition) is 0. The van der Waals surface area contributed by atoms with Crippen molar-refractivity contribution in [3.05, 3.63) is 119 Å². The molecule has 0 saturated heterocycles. The zero-order valence-corrected chi connectivity index (χ0v) is 17.5. The molecule has 0 saturated carbocycles. The molecule has 0 N–H and O–H groups in total. The van der Waals surface area contributed by atoms with Crippen LogP contribution in [0.15, 0.2) is 95.4 Å². The Hall–Kier alpha value is -3.98. The maximum atomic E-state index is 6.23. The van der Waals surface area contributed by atoms with Crippen molar-refractivity contribution in [3.63, 3.8) is 0 Å². The monoisotopic (exact) mass is 402 g/mol. The van der Waals surface area contributed by atoms with Gasteiger partial charge in [-0.05, 0) is 47.9 Å². The molecule has 0 aliphatic rings. The topological polar surface area (TPSA) is 38.9 Å². The summed E-state index contributed by atoms with van der Waals surface area (Å²) < 4.78 is 6.23. The summed E-state index contributed by atoms with van der Waals surface area (Å²) in [6.07, 6.45) is 2.10. The molecule has 0 bridgehead atoms. The fourth-order valence-corrected chi connectivity index (χ4v) is 3.68. The van der Waals surface area contributed by atoms with E-state index in [0.29, 0.717) is 11.8 Å². The minimum Gasteiger partial charge on any atom is -0.416 e. The smallest absolute Gasteiger partial charge is 0.248 e. The summed E-state index contributed by atoms with van der Waals surface area (Å²) in [4.78, 5) is 0. The number of fused-ring (bicyclic) bond motifs is 1. The Balaban J connectivity index is 1.63. The standard InChI is InChI=1S/C28H22N2O/c1-19-10-14-21(15-11-19)18-26(23-16-12-20(2)13-17-23)28-30-29-27(31-28)25-9-5-7-22-6-3-4-8-24(22)25/h3-18H,1-2H3/b26-18+. The van der Waals surface area contributed by atoms with Crippen LogP contribution in [0.3, 0.4) is 0 Å². The molecule has 31 heavy (non-hydrogen) atoms. The van der Waals surface area contributed by atoms with Crippen LogP contribution in [0.25, 0.3) is 33.9 Å². The third-order valence-corrected chi connectivity index (χ3v) is 5.43. The third kappa shape index (κ3) is 3.90. The van der Waals surface area contributed by atoms with Crippen LogP contribution < -0.4 is 0 Å². The van der Waals surface area contributed by atoms with Gasteiger partial charge < -0.3 is 4.42 Å². The van der Waals surface area contributed by atoms with Crippen molar-refractivity contribution in [2.45, 2.75) is 13.8 Å². The molecule has 0 fully saturated rings. The summed E-state index contributed by atoms with van der Waals surface area (Å²) in [5.74, 6) is 1.03. The van der Waals surface area contributed by atoms with Gasteiger partial charge in [0.2, 0.25) is 11.8 Å². The lowest BCUT2D eigenvalue weighted by atomic mass is 10.0. The molecule has 1 heterocycles. The molecular weight excluding hydrogens is 380 g/mol.